The summed E-state index contributed by atoms with van der Waals surface area (Å²) in [4.78, 5) is 12.8. The Morgan fingerprint density at radius 2 is 1.75 bits per heavy atom. The van der Waals surface area contributed by atoms with Crippen molar-refractivity contribution in [3.63, 3.8) is 0 Å². The fourth-order valence-corrected chi connectivity index (χ4v) is 5.11. The summed E-state index contributed by atoms with van der Waals surface area (Å²) >= 11 is 0. The van der Waals surface area contributed by atoms with E-state index in [0.717, 1.165) is 25.7 Å². The van der Waals surface area contributed by atoms with Crippen molar-refractivity contribution in [2.24, 2.45) is 0 Å². The van der Waals surface area contributed by atoms with Crippen LogP contribution in [0.4, 0.5) is 5.69 Å². The molecule has 1 N–H and O–H groups in total. The van der Waals surface area contributed by atoms with E-state index in [9.17, 15) is 13.2 Å². The number of rotatable bonds is 5. The first kappa shape index (κ1) is 20.4. The monoisotopic (exact) mass is 402 g/mol. The van der Waals surface area contributed by atoms with Crippen LogP contribution >= 0.6 is 0 Å². The predicted octanol–water partition coefficient (Wildman–Crippen LogP) is 3.82. The number of benzene rings is 2. The zero-order valence-electron chi connectivity index (χ0n) is 16.3. The molecule has 1 aliphatic heterocycles. The molecule has 0 bridgehead atoms. The molecule has 2 aromatic rings. The molecular formula is C21H26N2O4S. The maximum atomic E-state index is 13.1. The van der Waals surface area contributed by atoms with E-state index in [1.807, 2.05) is 0 Å². The van der Waals surface area contributed by atoms with Crippen LogP contribution in [0.3, 0.4) is 0 Å². The molecule has 6 nitrogen and oxygen atoms in total. The molecule has 1 fully saturated rings. The van der Waals surface area contributed by atoms with Gasteiger partial charge in [0.2, 0.25) is 10.0 Å². The summed E-state index contributed by atoms with van der Waals surface area (Å²) in [5, 5.41) is 2.79. The Labute approximate surface area is 166 Å². The molecule has 1 saturated heterocycles. The van der Waals surface area contributed by atoms with Crippen LogP contribution in [0, 0.1) is 6.92 Å². The largest absolute Gasteiger partial charge is 0.497 e. The topological polar surface area (TPSA) is 75.7 Å². The summed E-state index contributed by atoms with van der Waals surface area (Å²) < 4.78 is 33.0. The standard InChI is InChI=1S/C21H26N2O4S/c1-16-10-11-18(22-21(24)17-8-7-9-19(14-17)27-2)15-20(16)28(25,26)23-12-5-3-4-6-13-23/h7-11,14-15H,3-6,12-13H2,1-2H3,(H,22,24). The molecule has 1 aliphatic rings. The summed E-state index contributed by atoms with van der Waals surface area (Å²) in [5.74, 6) is 0.266. The SMILES string of the molecule is COc1cccc(C(=O)Nc2ccc(C)c(S(=O)(=O)N3CCCCCC3)c2)c1. The Balaban J connectivity index is 1.85. The first-order chi connectivity index (χ1) is 13.4. The molecule has 2 aromatic carbocycles. The Morgan fingerprint density at radius 1 is 1.04 bits per heavy atom. The maximum Gasteiger partial charge on any atom is 0.255 e. The second kappa shape index (κ2) is 8.75. The van der Waals surface area contributed by atoms with Crippen molar-refractivity contribution >= 4 is 21.6 Å². The summed E-state index contributed by atoms with van der Waals surface area (Å²) in [7, 11) is -2.05. The number of sulfonamides is 1. The van der Waals surface area contributed by atoms with E-state index in [4.69, 9.17) is 4.74 Å². The van der Waals surface area contributed by atoms with Gasteiger partial charge in [0.05, 0.1) is 12.0 Å². The molecule has 0 saturated carbocycles. The van der Waals surface area contributed by atoms with E-state index in [0.29, 0.717) is 35.7 Å². The molecule has 0 unspecified atom stereocenters. The third-order valence-corrected chi connectivity index (χ3v) is 7.00. The second-order valence-corrected chi connectivity index (χ2v) is 8.89. The minimum atomic E-state index is -3.59. The van der Waals surface area contributed by atoms with Gasteiger partial charge in [0, 0.05) is 24.3 Å². The average Bonchev–Trinajstić information content (AvgIpc) is 2.99. The number of amides is 1. The van der Waals surface area contributed by atoms with E-state index in [1.54, 1.807) is 53.7 Å². The number of carbonyl (C=O) groups excluding carboxylic acids is 1. The highest BCUT2D eigenvalue weighted by Gasteiger charge is 2.27. The van der Waals surface area contributed by atoms with Gasteiger partial charge in [-0.2, -0.15) is 4.31 Å². The molecule has 3 rings (SSSR count). The molecule has 0 radical (unpaired) electrons. The molecule has 1 amide bonds. The number of hydrogen-bond acceptors (Lipinski definition) is 4. The number of methoxy groups -OCH3 is 1. The first-order valence-electron chi connectivity index (χ1n) is 9.48. The van der Waals surface area contributed by atoms with E-state index in [-0.39, 0.29) is 10.8 Å². The molecule has 0 aliphatic carbocycles. The second-order valence-electron chi connectivity index (χ2n) is 6.98. The van der Waals surface area contributed by atoms with Crippen LogP contribution in [0.5, 0.6) is 5.75 Å². The van der Waals surface area contributed by atoms with Gasteiger partial charge in [-0.05, 0) is 55.7 Å². The lowest BCUT2D eigenvalue weighted by atomic mass is 10.2. The van der Waals surface area contributed by atoms with E-state index < -0.39 is 10.0 Å². The third-order valence-electron chi connectivity index (χ3n) is 4.96. The minimum Gasteiger partial charge on any atom is -0.497 e. The lowest BCUT2D eigenvalue weighted by Gasteiger charge is -2.21. The molecule has 0 aromatic heterocycles. The molecule has 28 heavy (non-hydrogen) atoms. The number of hydrogen-bond donors (Lipinski definition) is 1. The number of nitrogens with zero attached hydrogens (tertiary/aromatic N) is 1. The van der Waals surface area contributed by atoms with Gasteiger partial charge in [0.1, 0.15) is 5.75 Å². The number of carbonyl (C=O) groups is 1. The lowest BCUT2D eigenvalue weighted by Crippen LogP contribution is -2.32. The molecular weight excluding hydrogens is 376 g/mol. The minimum absolute atomic E-state index is 0.248. The van der Waals surface area contributed by atoms with Crippen molar-refractivity contribution in [2.45, 2.75) is 37.5 Å². The zero-order valence-corrected chi connectivity index (χ0v) is 17.1. The number of nitrogens with one attached hydrogen (secondary N) is 1. The number of anilines is 1. The smallest absolute Gasteiger partial charge is 0.255 e. The van der Waals surface area contributed by atoms with Crippen LogP contribution in [-0.2, 0) is 10.0 Å². The average molecular weight is 403 g/mol. The van der Waals surface area contributed by atoms with Crippen molar-refractivity contribution < 1.29 is 17.9 Å². The van der Waals surface area contributed by atoms with Gasteiger partial charge >= 0.3 is 0 Å². The van der Waals surface area contributed by atoms with Gasteiger partial charge in [0.15, 0.2) is 0 Å². The summed E-state index contributed by atoms with van der Waals surface area (Å²) in [6.45, 7) is 2.86. The highest BCUT2D eigenvalue weighted by Crippen LogP contribution is 2.26. The summed E-state index contributed by atoms with van der Waals surface area (Å²) in [6, 6.07) is 11.8. The Kier molecular flexibility index (Phi) is 6.36. The van der Waals surface area contributed by atoms with Crippen LogP contribution in [-0.4, -0.2) is 38.8 Å². The van der Waals surface area contributed by atoms with E-state index in [2.05, 4.69) is 5.32 Å². The van der Waals surface area contributed by atoms with Gasteiger partial charge in [-0.1, -0.05) is 25.0 Å². The van der Waals surface area contributed by atoms with Crippen molar-refractivity contribution in [1.82, 2.24) is 4.31 Å². The van der Waals surface area contributed by atoms with Crippen LogP contribution in [0.15, 0.2) is 47.4 Å². The third kappa shape index (κ3) is 4.54. The highest BCUT2D eigenvalue weighted by atomic mass is 32.2. The predicted molar refractivity (Wildman–Crippen MR) is 109 cm³/mol. The van der Waals surface area contributed by atoms with Crippen LogP contribution in [0.2, 0.25) is 0 Å². The summed E-state index contributed by atoms with van der Waals surface area (Å²) in [5.41, 5.74) is 1.56. The Morgan fingerprint density at radius 3 is 2.43 bits per heavy atom. The van der Waals surface area contributed by atoms with Crippen LogP contribution < -0.4 is 10.1 Å². The Bertz CT molecular complexity index is 949. The van der Waals surface area contributed by atoms with Crippen molar-refractivity contribution in [1.29, 1.82) is 0 Å². The quantitative estimate of drug-likeness (QED) is 0.825. The molecule has 150 valence electrons. The van der Waals surface area contributed by atoms with Gasteiger partial charge in [-0.25, -0.2) is 8.42 Å². The van der Waals surface area contributed by atoms with Crippen LogP contribution in [0.25, 0.3) is 0 Å². The lowest BCUT2D eigenvalue weighted by molar-refractivity contribution is 0.102. The Hall–Kier alpha value is -2.38. The first-order valence-corrected chi connectivity index (χ1v) is 10.9. The number of aryl methyl sites for hydroxylation is 1. The van der Waals surface area contributed by atoms with E-state index in [1.165, 1.54) is 7.11 Å². The molecule has 0 spiro atoms. The highest BCUT2D eigenvalue weighted by molar-refractivity contribution is 7.89. The zero-order chi connectivity index (χ0) is 20.1. The van der Waals surface area contributed by atoms with Crippen LogP contribution in [0.1, 0.15) is 41.6 Å². The van der Waals surface area contributed by atoms with Crippen molar-refractivity contribution in [3.8, 4) is 5.75 Å². The van der Waals surface area contributed by atoms with Gasteiger partial charge in [0.25, 0.3) is 5.91 Å². The maximum absolute atomic E-state index is 13.1. The van der Waals surface area contributed by atoms with Gasteiger partial charge < -0.3 is 10.1 Å². The van der Waals surface area contributed by atoms with E-state index >= 15 is 0 Å². The fourth-order valence-electron chi connectivity index (χ4n) is 3.34. The van der Waals surface area contributed by atoms with Crippen molar-refractivity contribution in [3.05, 3.63) is 53.6 Å². The molecule has 7 heteroatoms. The fraction of sp³-hybridized carbons (Fsp3) is 0.381. The normalized spacial score (nSPS) is 15.6. The van der Waals surface area contributed by atoms with Gasteiger partial charge in [-0.3, -0.25) is 4.79 Å². The van der Waals surface area contributed by atoms with Crippen molar-refractivity contribution in [2.75, 3.05) is 25.5 Å². The van der Waals surface area contributed by atoms with Gasteiger partial charge in [-0.15, -0.1) is 0 Å². The molecule has 0 atom stereocenters. The molecule has 1 heterocycles. The summed E-state index contributed by atoms with van der Waals surface area (Å²) in [6.07, 6.45) is 3.87. The number of ether oxygens (including phenoxy) is 1.